The third kappa shape index (κ3) is 3.69. The van der Waals surface area contributed by atoms with Gasteiger partial charge in [-0.25, -0.2) is 4.39 Å². The first kappa shape index (κ1) is 14.3. The Morgan fingerprint density at radius 3 is 2.68 bits per heavy atom. The first-order valence-corrected chi connectivity index (χ1v) is 6.84. The highest BCUT2D eigenvalue weighted by molar-refractivity contribution is 9.10. The van der Waals surface area contributed by atoms with Gasteiger partial charge in [0, 0.05) is 11.6 Å². The Labute approximate surface area is 124 Å². The third-order valence-electron chi connectivity index (χ3n) is 2.60. The van der Waals surface area contributed by atoms with E-state index in [4.69, 9.17) is 22.1 Å². The molecule has 0 aliphatic rings. The zero-order valence-electron chi connectivity index (χ0n) is 9.95. The highest BCUT2D eigenvalue weighted by Gasteiger charge is 2.12. The summed E-state index contributed by atoms with van der Waals surface area (Å²) in [6.07, 6.45) is -0.323. The maximum Gasteiger partial charge on any atom is 0.137 e. The van der Waals surface area contributed by atoms with Crippen LogP contribution in [-0.4, -0.2) is 6.54 Å². The molecule has 2 N–H and O–H groups in total. The minimum absolute atomic E-state index is 0.301. The van der Waals surface area contributed by atoms with Gasteiger partial charge in [-0.3, -0.25) is 0 Å². The lowest BCUT2D eigenvalue weighted by molar-refractivity contribution is 0.214. The minimum atomic E-state index is -0.334. The molecular weight excluding hydrogens is 333 g/mol. The Bertz CT molecular complexity index is 579. The van der Waals surface area contributed by atoms with Crippen molar-refractivity contribution in [3.63, 3.8) is 0 Å². The SMILES string of the molecule is NCC(Oc1ccc(F)c(Br)c1)c1cccc(Cl)c1. The lowest BCUT2D eigenvalue weighted by Crippen LogP contribution is -2.18. The van der Waals surface area contributed by atoms with Crippen molar-refractivity contribution < 1.29 is 9.13 Å². The van der Waals surface area contributed by atoms with Gasteiger partial charge in [-0.2, -0.15) is 0 Å². The summed E-state index contributed by atoms with van der Waals surface area (Å²) in [6.45, 7) is 0.301. The summed E-state index contributed by atoms with van der Waals surface area (Å²) in [5, 5.41) is 0.625. The van der Waals surface area contributed by atoms with Crippen molar-refractivity contribution in [3.8, 4) is 5.75 Å². The van der Waals surface area contributed by atoms with E-state index >= 15 is 0 Å². The predicted molar refractivity (Wildman–Crippen MR) is 78.0 cm³/mol. The molecule has 0 aliphatic carbocycles. The van der Waals surface area contributed by atoms with Gasteiger partial charge in [0.05, 0.1) is 4.47 Å². The predicted octanol–water partition coefficient (Wildman–Crippen LogP) is 4.32. The molecule has 0 aromatic heterocycles. The average Bonchev–Trinajstić information content (AvgIpc) is 2.40. The molecule has 0 aliphatic heterocycles. The van der Waals surface area contributed by atoms with Gasteiger partial charge in [-0.1, -0.05) is 23.7 Å². The van der Waals surface area contributed by atoms with Crippen LogP contribution in [0, 0.1) is 5.82 Å². The number of hydrogen-bond acceptors (Lipinski definition) is 2. The van der Waals surface area contributed by atoms with E-state index in [0.29, 0.717) is 21.8 Å². The van der Waals surface area contributed by atoms with Crippen molar-refractivity contribution in [1.29, 1.82) is 0 Å². The molecule has 0 amide bonds. The van der Waals surface area contributed by atoms with Crippen LogP contribution < -0.4 is 10.5 Å². The van der Waals surface area contributed by atoms with Crippen LogP contribution in [0.3, 0.4) is 0 Å². The summed E-state index contributed by atoms with van der Waals surface area (Å²) in [4.78, 5) is 0. The smallest absolute Gasteiger partial charge is 0.137 e. The number of nitrogens with two attached hydrogens (primary N) is 1. The molecule has 0 heterocycles. The van der Waals surface area contributed by atoms with Crippen molar-refractivity contribution >= 4 is 27.5 Å². The monoisotopic (exact) mass is 343 g/mol. The lowest BCUT2D eigenvalue weighted by atomic mass is 10.1. The van der Waals surface area contributed by atoms with Crippen LogP contribution in [-0.2, 0) is 0 Å². The van der Waals surface area contributed by atoms with Crippen LogP contribution in [0.1, 0.15) is 11.7 Å². The molecule has 19 heavy (non-hydrogen) atoms. The van der Waals surface area contributed by atoms with Crippen LogP contribution in [0.4, 0.5) is 4.39 Å². The van der Waals surface area contributed by atoms with Crippen molar-refractivity contribution in [2.45, 2.75) is 6.10 Å². The number of hydrogen-bond donors (Lipinski definition) is 1. The molecule has 0 radical (unpaired) electrons. The van der Waals surface area contributed by atoms with Crippen molar-refractivity contribution in [2.75, 3.05) is 6.54 Å². The van der Waals surface area contributed by atoms with Crippen LogP contribution in [0.15, 0.2) is 46.9 Å². The molecule has 1 atom stereocenters. The average molecular weight is 345 g/mol. The maximum absolute atomic E-state index is 13.1. The summed E-state index contributed by atoms with van der Waals surface area (Å²) in [6, 6.07) is 11.8. The van der Waals surface area contributed by atoms with E-state index in [0.717, 1.165) is 5.56 Å². The number of halogens is 3. The molecule has 5 heteroatoms. The van der Waals surface area contributed by atoms with E-state index in [1.165, 1.54) is 6.07 Å². The van der Waals surface area contributed by atoms with E-state index in [1.54, 1.807) is 24.3 Å². The molecule has 0 bridgehead atoms. The molecule has 0 fully saturated rings. The first-order chi connectivity index (χ1) is 9.10. The first-order valence-electron chi connectivity index (χ1n) is 5.67. The van der Waals surface area contributed by atoms with Gasteiger partial charge in [0.15, 0.2) is 0 Å². The van der Waals surface area contributed by atoms with Gasteiger partial charge in [-0.15, -0.1) is 0 Å². The van der Waals surface area contributed by atoms with Gasteiger partial charge < -0.3 is 10.5 Å². The second-order valence-corrected chi connectivity index (χ2v) is 5.26. The third-order valence-corrected chi connectivity index (χ3v) is 3.45. The fourth-order valence-corrected chi connectivity index (χ4v) is 2.23. The molecule has 0 saturated carbocycles. The van der Waals surface area contributed by atoms with Crippen LogP contribution >= 0.6 is 27.5 Å². The maximum atomic E-state index is 13.1. The van der Waals surface area contributed by atoms with E-state index < -0.39 is 0 Å². The van der Waals surface area contributed by atoms with E-state index in [1.807, 2.05) is 12.1 Å². The highest BCUT2D eigenvalue weighted by atomic mass is 79.9. The Morgan fingerprint density at radius 2 is 2.05 bits per heavy atom. The Morgan fingerprint density at radius 1 is 1.26 bits per heavy atom. The summed E-state index contributed by atoms with van der Waals surface area (Å²) in [7, 11) is 0. The topological polar surface area (TPSA) is 35.2 Å². The Balaban J connectivity index is 2.21. The molecule has 100 valence electrons. The summed E-state index contributed by atoms with van der Waals surface area (Å²) < 4.78 is 19.3. The molecule has 2 nitrogen and oxygen atoms in total. The van der Waals surface area contributed by atoms with Crippen molar-refractivity contribution in [2.24, 2.45) is 5.73 Å². The van der Waals surface area contributed by atoms with E-state index in [2.05, 4.69) is 15.9 Å². The Hall–Kier alpha value is -1.10. The fourth-order valence-electron chi connectivity index (χ4n) is 1.67. The lowest BCUT2D eigenvalue weighted by Gasteiger charge is -2.18. The molecule has 0 spiro atoms. The van der Waals surface area contributed by atoms with Gasteiger partial charge in [0.2, 0.25) is 0 Å². The van der Waals surface area contributed by atoms with Gasteiger partial charge in [0.25, 0.3) is 0 Å². The standard InChI is InChI=1S/C14H12BrClFNO/c15-12-7-11(4-5-13(12)17)19-14(8-18)9-2-1-3-10(16)6-9/h1-7,14H,8,18H2. The van der Waals surface area contributed by atoms with Crippen molar-refractivity contribution in [1.82, 2.24) is 0 Å². The summed E-state index contributed by atoms with van der Waals surface area (Å²) >= 11 is 9.06. The van der Waals surface area contributed by atoms with Crippen LogP contribution in [0.25, 0.3) is 0 Å². The highest BCUT2D eigenvalue weighted by Crippen LogP contribution is 2.27. The van der Waals surface area contributed by atoms with Crippen LogP contribution in [0.5, 0.6) is 5.75 Å². The normalized spacial score (nSPS) is 12.2. The largest absolute Gasteiger partial charge is 0.484 e. The second-order valence-electron chi connectivity index (χ2n) is 3.97. The number of ether oxygens (including phenoxy) is 1. The number of benzene rings is 2. The minimum Gasteiger partial charge on any atom is -0.484 e. The number of rotatable bonds is 4. The molecular formula is C14H12BrClFNO. The van der Waals surface area contributed by atoms with Gasteiger partial charge in [-0.05, 0) is 51.8 Å². The zero-order chi connectivity index (χ0) is 13.8. The fraction of sp³-hybridized carbons (Fsp3) is 0.143. The van der Waals surface area contributed by atoms with Gasteiger partial charge >= 0.3 is 0 Å². The Kier molecular flexibility index (Phi) is 4.80. The van der Waals surface area contributed by atoms with Crippen molar-refractivity contribution in [3.05, 3.63) is 63.3 Å². The summed E-state index contributed by atoms with van der Waals surface area (Å²) in [5.74, 6) is 0.211. The zero-order valence-corrected chi connectivity index (χ0v) is 12.3. The van der Waals surface area contributed by atoms with E-state index in [9.17, 15) is 4.39 Å². The molecule has 2 aromatic carbocycles. The molecule has 0 saturated heterocycles. The quantitative estimate of drug-likeness (QED) is 0.896. The molecule has 2 aromatic rings. The second kappa shape index (κ2) is 6.37. The summed E-state index contributed by atoms with van der Waals surface area (Å²) in [5.41, 5.74) is 6.60. The molecule has 2 rings (SSSR count). The van der Waals surface area contributed by atoms with Gasteiger partial charge in [0.1, 0.15) is 17.7 Å². The van der Waals surface area contributed by atoms with Crippen LogP contribution in [0.2, 0.25) is 5.02 Å². The van der Waals surface area contributed by atoms with E-state index in [-0.39, 0.29) is 11.9 Å². The molecule has 1 unspecified atom stereocenters.